The van der Waals surface area contributed by atoms with Crippen molar-refractivity contribution in [3.63, 3.8) is 0 Å². The number of thioether (sulfide) groups is 1. The maximum atomic E-state index is 12.8. The summed E-state index contributed by atoms with van der Waals surface area (Å²) in [7, 11) is 0. The van der Waals surface area contributed by atoms with Crippen LogP contribution in [-0.4, -0.2) is 50.5 Å². The van der Waals surface area contributed by atoms with Crippen molar-refractivity contribution < 1.29 is 9.53 Å². The molecule has 0 unspecified atom stereocenters. The van der Waals surface area contributed by atoms with Crippen molar-refractivity contribution in [2.45, 2.75) is 51.3 Å². The van der Waals surface area contributed by atoms with Crippen LogP contribution in [0.1, 0.15) is 36.5 Å². The SMILES string of the molecule is CCc1ccccc1-n1cnnc1SCC(=O)N1CCC(Oc2cc(C)ccc2C)CC1. The van der Waals surface area contributed by atoms with E-state index in [-0.39, 0.29) is 12.0 Å². The number of nitrogens with zero attached hydrogens (tertiary/aromatic N) is 4. The number of carbonyl (C=O) groups excluding carboxylic acids is 1. The second kappa shape index (κ2) is 10.2. The first kappa shape index (κ1) is 22.4. The molecule has 1 amide bonds. The van der Waals surface area contributed by atoms with E-state index in [1.54, 1.807) is 6.33 Å². The fourth-order valence-electron chi connectivity index (χ4n) is 3.99. The van der Waals surface area contributed by atoms with Crippen LogP contribution >= 0.6 is 11.8 Å². The van der Waals surface area contributed by atoms with Gasteiger partial charge in [-0.25, -0.2) is 0 Å². The van der Waals surface area contributed by atoms with Crippen molar-refractivity contribution in [1.82, 2.24) is 19.7 Å². The van der Waals surface area contributed by atoms with E-state index >= 15 is 0 Å². The number of rotatable bonds is 7. The summed E-state index contributed by atoms with van der Waals surface area (Å²) < 4.78 is 8.21. The Kier molecular flexibility index (Phi) is 7.15. The minimum absolute atomic E-state index is 0.138. The summed E-state index contributed by atoms with van der Waals surface area (Å²) in [4.78, 5) is 14.8. The molecule has 1 aliphatic heterocycles. The Hall–Kier alpha value is -2.80. The number of ether oxygens (including phenoxy) is 1. The Morgan fingerprint density at radius 2 is 1.94 bits per heavy atom. The second-order valence-corrected chi connectivity index (χ2v) is 9.16. The molecule has 0 radical (unpaired) electrons. The standard InChI is InChI=1S/C25H30N4O2S/c1-4-20-7-5-6-8-22(20)29-17-26-27-25(29)32-16-24(30)28-13-11-21(12-14-28)31-23-15-18(2)9-10-19(23)3/h5-10,15,17,21H,4,11-14,16H2,1-3H3. The van der Waals surface area contributed by atoms with Gasteiger partial charge in [-0.3, -0.25) is 9.36 Å². The van der Waals surface area contributed by atoms with Gasteiger partial charge in [0.2, 0.25) is 5.91 Å². The van der Waals surface area contributed by atoms with Gasteiger partial charge in [0.05, 0.1) is 11.4 Å². The molecular formula is C25H30N4O2S. The monoisotopic (exact) mass is 450 g/mol. The van der Waals surface area contributed by atoms with Crippen LogP contribution in [-0.2, 0) is 11.2 Å². The number of amides is 1. The predicted octanol–water partition coefficient (Wildman–Crippen LogP) is 4.61. The Labute approximate surface area is 194 Å². The first-order chi connectivity index (χ1) is 15.5. The van der Waals surface area contributed by atoms with Gasteiger partial charge in [-0.2, -0.15) is 0 Å². The van der Waals surface area contributed by atoms with Crippen LogP contribution in [0.15, 0.2) is 53.9 Å². The lowest BCUT2D eigenvalue weighted by atomic mass is 10.1. The number of carbonyl (C=O) groups is 1. The third-order valence-corrected chi connectivity index (χ3v) is 6.83. The first-order valence-corrected chi connectivity index (χ1v) is 12.2. The van der Waals surface area contributed by atoms with Gasteiger partial charge in [0, 0.05) is 25.9 Å². The van der Waals surface area contributed by atoms with Gasteiger partial charge in [0.1, 0.15) is 18.2 Å². The molecule has 2 aromatic carbocycles. The maximum Gasteiger partial charge on any atom is 0.233 e. The van der Waals surface area contributed by atoms with Crippen LogP contribution in [0, 0.1) is 13.8 Å². The number of piperidine rings is 1. The second-order valence-electron chi connectivity index (χ2n) is 8.22. The average Bonchev–Trinajstić information content (AvgIpc) is 3.28. The molecule has 0 atom stereocenters. The van der Waals surface area contributed by atoms with Crippen LogP contribution in [0.2, 0.25) is 0 Å². The smallest absolute Gasteiger partial charge is 0.233 e. The molecule has 6 nitrogen and oxygen atoms in total. The highest BCUT2D eigenvalue weighted by atomic mass is 32.2. The Bertz CT molecular complexity index is 1070. The summed E-state index contributed by atoms with van der Waals surface area (Å²) in [6, 6.07) is 14.5. The fourth-order valence-corrected chi connectivity index (χ4v) is 4.81. The van der Waals surface area contributed by atoms with E-state index in [0.29, 0.717) is 5.75 Å². The lowest BCUT2D eigenvalue weighted by Gasteiger charge is -2.32. The minimum Gasteiger partial charge on any atom is -0.490 e. The molecule has 1 fully saturated rings. The Balaban J connectivity index is 1.31. The van der Waals surface area contributed by atoms with Gasteiger partial charge >= 0.3 is 0 Å². The highest BCUT2D eigenvalue weighted by Crippen LogP contribution is 2.26. The van der Waals surface area contributed by atoms with E-state index in [1.165, 1.54) is 22.9 Å². The van der Waals surface area contributed by atoms with Crippen LogP contribution in [0.25, 0.3) is 5.69 Å². The summed E-state index contributed by atoms with van der Waals surface area (Å²) in [5.41, 5.74) is 4.65. The molecule has 3 aromatic rings. The molecule has 1 saturated heterocycles. The maximum absolute atomic E-state index is 12.8. The molecule has 1 aromatic heterocycles. The zero-order valence-electron chi connectivity index (χ0n) is 19.0. The molecule has 7 heteroatoms. The largest absolute Gasteiger partial charge is 0.490 e. The third kappa shape index (κ3) is 5.15. The number of likely N-dealkylation sites (tertiary alicyclic amines) is 1. The summed E-state index contributed by atoms with van der Waals surface area (Å²) in [5, 5.41) is 9.07. The minimum atomic E-state index is 0.138. The summed E-state index contributed by atoms with van der Waals surface area (Å²) >= 11 is 1.44. The molecule has 1 aliphatic rings. The van der Waals surface area contributed by atoms with Crippen LogP contribution in [0.5, 0.6) is 5.75 Å². The van der Waals surface area contributed by atoms with E-state index in [4.69, 9.17) is 4.74 Å². The van der Waals surface area contributed by atoms with Crippen molar-refractivity contribution in [2.75, 3.05) is 18.8 Å². The number of aryl methyl sites for hydroxylation is 3. The molecule has 2 heterocycles. The summed E-state index contributed by atoms with van der Waals surface area (Å²) in [6.45, 7) is 7.73. The quantitative estimate of drug-likeness (QED) is 0.492. The van der Waals surface area contributed by atoms with Crippen molar-refractivity contribution >= 4 is 17.7 Å². The molecular weight excluding hydrogens is 420 g/mol. The molecule has 0 bridgehead atoms. The number of hydrogen-bond donors (Lipinski definition) is 0. The Morgan fingerprint density at radius 1 is 1.16 bits per heavy atom. The lowest BCUT2D eigenvalue weighted by molar-refractivity contribution is -0.130. The average molecular weight is 451 g/mol. The topological polar surface area (TPSA) is 60.2 Å². The molecule has 4 rings (SSSR count). The number of hydrogen-bond acceptors (Lipinski definition) is 5. The number of para-hydroxylation sites is 1. The van der Waals surface area contributed by atoms with Gasteiger partial charge in [-0.05, 0) is 49.1 Å². The third-order valence-electron chi connectivity index (χ3n) is 5.91. The Morgan fingerprint density at radius 3 is 2.72 bits per heavy atom. The van der Waals surface area contributed by atoms with E-state index in [0.717, 1.165) is 54.5 Å². The molecule has 0 N–H and O–H groups in total. The van der Waals surface area contributed by atoms with Crippen LogP contribution < -0.4 is 4.74 Å². The molecule has 0 saturated carbocycles. The van der Waals surface area contributed by atoms with Crippen molar-refractivity contribution in [1.29, 1.82) is 0 Å². The predicted molar refractivity (Wildman–Crippen MR) is 128 cm³/mol. The van der Waals surface area contributed by atoms with Gasteiger partial charge in [-0.1, -0.05) is 49.0 Å². The zero-order chi connectivity index (χ0) is 22.5. The first-order valence-electron chi connectivity index (χ1n) is 11.2. The van der Waals surface area contributed by atoms with Crippen molar-refractivity contribution in [3.05, 3.63) is 65.5 Å². The van der Waals surface area contributed by atoms with Crippen molar-refractivity contribution in [2.24, 2.45) is 0 Å². The molecule has 168 valence electrons. The van der Waals surface area contributed by atoms with E-state index < -0.39 is 0 Å². The van der Waals surface area contributed by atoms with Gasteiger partial charge < -0.3 is 9.64 Å². The van der Waals surface area contributed by atoms with Crippen LogP contribution in [0.4, 0.5) is 0 Å². The number of benzene rings is 2. The van der Waals surface area contributed by atoms with E-state index in [9.17, 15) is 4.79 Å². The van der Waals surface area contributed by atoms with E-state index in [1.807, 2.05) is 21.6 Å². The summed E-state index contributed by atoms with van der Waals surface area (Å²) in [6.07, 6.45) is 4.50. The highest BCUT2D eigenvalue weighted by Gasteiger charge is 2.25. The van der Waals surface area contributed by atoms with Crippen LogP contribution in [0.3, 0.4) is 0 Å². The number of aromatic nitrogens is 3. The lowest BCUT2D eigenvalue weighted by Crippen LogP contribution is -2.42. The van der Waals surface area contributed by atoms with Gasteiger partial charge in [0.25, 0.3) is 0 Å². The molecule has 32 heavy (non-hydrogen) atoms. The normalized spacial score (nSPS) is 14.5. The fraction of sp³-hybridized carbons (Fsp3) is 0.400. The molecule has 0 spiro atoms. The van der Waals surface area contributed by atoms with Crippen molar-refractivity contribution in [3.8, 4) is 11.4 Å². The highest BCUT2D eigenvalue weighted by molar-refractivity contribution is 7.99. The zero-order valence-corrected chi connectivity index (χ0v) is 19.8. The molecule has 0 aliphatic carbocycles. The van der Waals surface area contributed by atoms with Gasteiger partial charge in [-0.15, -0.1) is 10.2 Å². The van der Waals surface area contributed by atoms with E-state index in [2.05, 4.69) is 61.3 Å². The summed E-state index contributed by atoms with van der Waals surface area (Å²) in [5.74, 6) is 1.45. The van der Waals surface area contributed by atoms with Gasteiger partial charge in [0.15, 0.2) is 5.16 Å².